The number of carboxylic acids is 1. The smallest absolute Gasteiger partial charge is 0.318 e. The topological polar surface area (TPSA) is 69.6 Å². The van der Waals surface area contributed by atoms with Gasteiger partial charge in [-0.3, -0.25) is 4.79 Å². The molecule has 1 heterocycles. The number of amides is 2. The first-order valence-corrected chi connectivity index (χ1v) is 8.26. The third-order valence-electron chi connectivity index (χ3n) is 5.10. The molecule has 1 saturated heterocycles. The van der Waals surface area contributed by atoms with Crippen molar-refractivity contribution in [3.05, 3.63) is 0 Å². The molecule has 2 aliphatic rings. The molecule has 2 N–H and O–H groups in total. The molecule has 1 aliphatic carbocycles. The molecule has 2 fully saturated rings. The monoisotopic (exact) mass is 296 g/mol. The number of hydrogen-bond donors (Lipinski definition) is 2. The lowest BCUT2D eigenvalue weighted by Crippen LogP contribution is -2.59. The molecule has 5 nitrogen and oxygen atoms in total. The van der Waals surface area contributed by atoms with E-state index in [2.05, 4.69) is 19.2 Å². The number of piperidine rings is 1. The number of urea groups is 1. The van der Waals surface area contributed by atoms with E-state index in [-0.39, 0.29) is 24.5 Å². The van der Waals surface area contributed by atoms with Gasteiger partial charge in [-0.1, -0.05) is 19.3 Å². The minimum absolute atomic E-state index is 0.0370. The highest BCUT2D eigenvalue weighted by atomic mass is 16.4. The van der Waals surface area contributed by atoms with Crippen molar-refractivity contribution in [1.82, 2.24) is 10.2 Å². The van der Waals surface area contributed by atoms with Gasteiger partial charge >= 0.3 is 12.0 Å². The predicted molar refractivity (Wildman–Crippen MR) is 81.2 cm³/mol. The summed E-state index contributed by atoms with van der Waals surface area (Å²) in [7, 11) is 0. The molecule has 0 spiro atoms. The van der Waals surface area contributed by atoms with E-state index in [9.17, 15) is 14.7 Å². The Bertz CT molecular complexity index is 381. The second-order valence-electron chi connectivity index (χ2n) is 6.88. The van der Waals surface area contributed by atoms with Gasteiger partial charge in [0.1, 0.15) is 0 Å². The number of carbonyl (C=O) groups excluding carboxylic acids is 1. The molecular weight excluding hydrogens is 268 g/mol. The Kier molecular flexibility index (Phi) is 5.12. The van der Waals surface area contributed by atoms with E-state index >= 15 is 0 Å². The van der Waals surface area contributed by atoms with Gasteiger partial charge in [0, 0.05) is 12.1 Å². The number of aliphatic carboxylic acids is 1. The molecule has 1 aliphatic heterocycles. The van der Waals surface area contributed by atoms with Gasteiger partial charge in [0.15, 0.2) is 0 Å². The molecule has 0 bridgehead atoms. The Morgan fingerprint density at radius 2 is 1.67 bits per heavy atom. The van der Waals surface area contributed by atoms with Crippen LogP contribution in [0.3, 0.4) is 0 Å². The molecule has 1 saturated carbocycles. The van der Waals surface area contributed by atoms with Crippen LogP contribution < -0.4 is 5.32 Å². The molecule has 0 aromatic heterocycles. The Labute approximate surface area is 127 Å². The van der Waals surface area contributed by atoms with Crippen molar-refractivity contribution < 1.29 is 14.7 Å². The molecule has 0 radical (unpaired) electrons. The van der Waals surface area contributed by atoms with E-state index < -0.39 is 11.5 Å². The summed E-state index contributed by atoms with van der Waals surface area (Å²) in [4.78, 5) is 25.8. The highest BCUT2D eigenvalue weighted by molar-refractivity contribution is 5.77. The lowest BCUT2D eigenvalue weighted by Gasteiger charge is -2.43. The maximum atomic E-state index is 12.7. The zero-order valence-corrected chi connectivity index (χ0v) is 13.2. The molecule has 2 unspecified atom stereocenters. The summed E-state index contributed by atoms with van der Waals surface area (Å²) in [6.45, 7) is 4.17. The van der Waals surface area contributed by atoms with E-state index in [1.165, 1.54) is 0 Å². The van der Waals surface area contributed by atoms with Crippen molar-refractivity contribution in [3.8, 4) is 0 Å². The van der Waals surface area contributed by atoms with Gasteiger partial charge in [-0.15, -0.1) is 0 Å². The average Bonchev–Trinajstić information content (AvgIpc) is 2.38. The van der Waals surface area contributed by atoms with E-state index in [1.54, 1.807) is 0 Å². The minimum atomic E-state index is -0.822. The van der Waals surface area contributed by atoms with Gasteiger partial charge in [0.25, 0.3) is 0 Å². The highest BCUT2D eigenvalue weighted by Gasteiger charge is 2.39. The standard InChI is InChI=1S/C16H28N2O3/c1-12-7-6-8-13(2)18(12)15(21)17-16(11-14(19)20)9-4-3-5-10-16/h12-13H,3-11H2,1-2H3,(H,17,21)(H,19,20). The molecular formula is C16H28N2O3. The third kappa shape index (κ3) is 3.89. The van der Waals surface area contributed by atoms with Crippen molar-refractivity contribution in [2.24, 2.45) is 0 Å². The Hall–Kier alpha value is -1.26. The van der Waals surface area contributed by atoms with Crippen molar-refractivity contribution >= 4 is 12.0 Å². The zero-order chi connectivity index (χ0) is 15.5. The Morgan fingerprint density at radius 3 is 2.19 bits per heavy atom. The van der Waals surface area contributed by atoms with Crippen LogP contribution in [0.25, 0.3) is 0 Å². The van der Waals surface area contributed by atoms with Crippen LogP contribution in [0.15, 0.2) is 0 Å². The number of carbonyl (C=O) groups is 2. The van der Waals surface area contributed by atoms with Crippen LogP contribution in [0.1, 0.15) is 71.6 Å². The summed E-state index contributed by atoms with van der Waals surface area (Å²) < 4.78 is 0. The Balaban J connectivity index is 2.08. The largest absolute Gasteiger partial charge is 0.481 e. The van der Waals surface area contributed by atoms with Gasteiger partial charge in [0.05, 0.1) is 12.0 Å². The fourth-order valence-electron chi connectivity index (χ4n) is 3.98. The Morgan fingerprint density at radius 1 is 1.10 bits per heavy atom. The summed E-state index contributed by atoms with van der Waals surface area (Å²) in [6, 6.07) is 0.399. The van der Waals surface area contributed by atoms with E-state index in [1.807, 2.05) is 4.90 Å². The van der Waals surface area contributed by atoms with Crippen LogP contribution in [0.2, 0.25) is 0 Å². The quantitative estimate of drug-likeness (QED) is 0.840. The van der Waals surface area contributed by atoms with Gasteiger partial charge in [-0.2, -0.15) is 0 Å². The molecule has 2 atom stereocenters. The number of hydrogen-bond acceptors (Lipinski definition) is 2. The first-order valence-electron chi connectivity index (χ1n) is 8.26. The number of rotatable bonds is 3. The summed E-state index contributed by atoms with van der Waals surface area (Å²) in [6.07, 6.45) is 7.95. The fourth-order valence-corrected chi connectivity index (χ4v) is 3.98. The van der Waals surface area contributed by atoms with Crippen molar-refractivity contribution in [2.45, 2.75) is 89.3 Å². The molecule has 0 aromatic rings. The molecule has 0 aromatic carbocycles. The average molecular weight is 296 g/mol. The van der Waals surface area contributed by atoms with Crippen LogP contribution in [0, 0.1) is 0 Å². The molecule has 120 valence electrons. The van der Waals surface area contributed by atoms with Crippen LogP contribution in [-0.2, 0) is 4.79 Å². The summed E-state index contributed by atoms with van der Waals surface area (Å²) in [5.41, 5.74) is -0.544. The maximum absolute atomic E-state index is 12.7. The lowest BCUT2D eigenvalue weighted by atomic mass is 9.79. The lowest BCUT2D eigenvalue weighted by molar-refractivity contribution is -0.139. The zero-order valence-electron chi connectivity index (χ0n) is 13.2. The van der Waals surface area contributed by atoms with Crippen LogP contribution in [0.4, 0.5) is 4.79 Å². The van der Waals surface area contributed by atoms with Gasteiger partial charge in [0.2, 0.25) is 0 Å². The molecule has 2 rings (SSSR count). The van der Waals surface area contributed by atoms with Gasteiger partial charge < -0.3 is 15.3 Å². The van der Waals surface area contributed by atoms with E-state index in [0.29, 0.717) is 0 Å². The number of nitrogens with one attached hydrogen (secondary N) is 1. The second-order valence-corrected chi connectivity index (χ2v) is 6.88. The maximum Gasteiger partial charge on any atom is 0.318 e. The SMILES string of the molecule is CC1CCCC(C)N1C(=O)NC1(CC(=O)O)CCCCC1. The second kappa shape index (κ2) is 6.67. The number of likely N-dealkylation sites (tertiary alicyclic amines) is 1. The first-order chi connectivity index (χ1) is 9.93. The first kappa shape index (κ1) is 16.1. The van der Waals surface area contributed by atoms with Crippen LogP contribution in [0.5, 0.6) is 0 Å². The van der Waals surface area contributed by atoms with Crippen LogP contribution >= 0.6 is 0 Å². The van der Waals surface area contributed by atoms with Crippen molar-refractivity contribution in [3.63, 3.8) is 0 Å². The van der Waals surface area contributed by atoms with E-state index in [0.717, 1.165) is 51.4 Å². The van der Waals surface area contributed by atoms with E-state index in [4.69, 9.17) is 0 Å². The number of nitrogens with zero attached hydrogens (tertiary/aromatic N) is 1. The predicted octanol–water partition coefficient (Wildman–Crippen LogP) is 3.14. The molecule has 2 amide bonds. The van der Waals surface area contributed by atoms with Gasteiger partial charge in [-0.05, 0) is 46.0 Å². The normalized spacial score (nSPS) is 29.0. The summed E-state index contributed by atoms with van der Waals surface area (Å²) in [5, 5.41) is 12.3. The molecule has 21 heavy (non-hydrogen) atoms. The third-order valence-corrected chi connectivity index (χ3v) is 5.10. The fraction of sp³-hybridized carbons (Fsp3) is 0.875. The number of carboxylic acid groups (broad SMARTS) is 1. The van der Waals surface area contributed by atoms with Crippen molar-refractivity contribution in [1.29, 1.82) is 0 Å². The van der Waals surface area contributed by atoms with Crippen molar-refractivity contribution in [2.75, 3.05) is 0 Å². The van der Waals surface area contributed by atoms with Gasteiger partial charge in [-0.25, -0.2) is 4.79 Å². The summed E-state index contributed by atoms with van der Waals surface area (Å²) >= 11 is 0. The summed E-state index contributed by atoms with van der Waals surface area (Å²) in [5.74, 6) is -0.822. The minimum Gasteiger partial charge on any atom is -0.481 e. The molecule has 5 heteroatoms. The van der Waals surface area contributed by atoms with Crippen LogP contribution in [-0.4, -0.2) is 39.6 Å². The highest BCUT2D eigenvalue weighted by Crippen LogP contribution is 2.32.